The maximum Gasteiger partial charge on any atom is 0.334 e. The number of allylic oxidation sites excluding steroid dienone is 1. The van der Waals surface area contributed by atoms with E-state index in [-0.39, 0.29) is 23.7 Å². The van der Waals surface area contributed by atoms with Crippen LogP contribution in [-0.2, 0) is 23.9 Å². The highest BCUT2D eigenvalue weighted by Gasteiger charge is 2.60. The quantitative estimate of drug-likeness (QED) is 0.446. The van der Waals surface area contributed by atoms with Crippen LogP contribution in [0.1, 0.15) is 34.1 Å². The number of carbonyl (C=O) groups excluding carboxylic acids is 3. The Morgan fingerprint density at radius 1 is 1.42 bits per heavy atom. The van der Waals surface area contributed by atoms with Crippen molar-refractivity contribution < 1.29 is 29.0 Å². The number of alkyl halides is 1. The van der Waals surface area contributed by atoms with Gasteiger partial charge in [-0.2, -0.15) is 0 Å². The fraction of sp³-hybridized carbons (Fsp3) is 0.632. The summed E-state index contributed by atoms with van der Waals surface area (Å²) in [7, 11) is 0. The molecule has 1 heterocycles. The van der Waals surface area contributed by atoms with Crippen molar-refractivity contribution in [1.82, 2.24) is 0 Å². The molecule has 7 heteroatoms. The number of ether oxygens (including phenoxy) is 2. The maximum absolute atomic E-state index is 12.4. The Kier molecular flexibility index (Phi) is 4.56. The molecule has 1 unspecified atom stereocenters. The van der Waals surface area contributed by atoms with Crippen molar-refractivity contribution in [3.63, 3.8) is 0 Å². The Hall–Kier alpha value is -1.66. The van der Waals surface area contributed by atoms with E-state index in [0.29, 0.717) is 11.1 Å². The van der Waals surface area contributed by atoms with Gasteiger partial charge in [-0.3, -0.25) is 9.59 Å². The molecule has 1 aliphatic heterocycles. The summed E-state index contributed by atoms with van der Waals surface area (Å²) in [5.74, 6) is -3.04. The number of aliphatic hydroxyl groups is 1. The lowest BCUT2D eigenvalue weighted by atomic mass is 9.81. The van der Waals surface area contributed by atoms with Crippen LogP contribution >= 0.6 is 11.6 Å². The molecule has 0 spiro atoms. The van der Waals surface area contributed by atoms with Crippen LogP contribution in [0.2, 0.25) is 0 Å². The molecule has 0 aromatic rings. The molecule has 3 aliphatic rings. The van der Waals surface area contributed by atoms with Crippen molar-refractivity contribution in [2.75, 3.05) is 0 Å². The Bertz CT molecular complexity index is 734. The monoisotopic (exact) mass is 382 g/mol. The van der Waals surface area contributed by atoms with E-state index >= 15 is 0 Å². The number of Topliss-reactive ketones (excluding diaryl/α,β-unsaturated/α-hetero) is 1. The van der Waals surface area contributed by atoms with E-state index in [2.05, 4.69) is 6.58 Å². The van der Waals surface area contributed by atoms with Gasteiger partial charge in [0.15, 0.2) is 5.78 Å². The minimum absolute atomic E-state index is 0.0280. The van der Waals surface area contributed by atoms with Gasteiger partial charge in [0.2, 0.25) is 0 Å². The summed E-state index contributed by atoms with van der Waals surface area (Å²) in [6.45, 7) is 10.4. The third-order valence-electron chi connectivity index (χ3n) is 5.64. The fourth-order valence-corrected chi connectivity index (χ4v) is 4.82. The Morgan fingerprint density at radius 2 is 2.04 bits per heavy atom. The minimum atomic E-state index is -1.41. The van der Waals surface area contributed by atoms with Gasteiger partial charge in [0.25, 0.3) is 0 Å². The van der Waals surface area contributed by atoms with Gasteiger partial charge in [-0.15, -0.1) is 11.6 Å². The van der Waals surface area contributed by atoms with Crippen LogP contribution < -0.4 is 0 Å². The summed E-state index contributed by atoms with van der Waals surface area (Å²) >= 11 is 6.33. The molecule has 1 saturated heterocycles. The SMILES string of the molecule is C=C1C(=O)O[C@@H]2C3=C(C)C(=O)C(Cl)[C@H]3[C@](C)(O)C[C@@H](OC(=O)C(C)C)[C@@H]12. The van der Waals surface area contributed by atoms with E-state index in [1.807, 2.05) is 0 Å². The first-order chi connectivity index (χ1) is 12.0. The molecule has 142 valence electrons. The van der Waals surface area contributed by atoms with Gasteiger partial charge in [0.1, 0.15) is 17.6 Å². The van der Waals surface area contributed by atoms with Crippen molar-refractivity contribution in [1.29, 1.82) is 0 Å². The molecule has 2 fully saturated rings. The van der Waals surface area contributed by atoms with Gasteiger partial charge in [-0.1, -0.05) is 20.4 Å². The number of carbonyl (C=O) groups is 3. The van der Waals surface area contributed by atoms with Gasteiger partial charge in [-0.05, 0) is 25.0 Å². The first-order valence-electron chi connectivity index (χ1n) is 8.69. The van der Waals surface area contributed by atoms with Crippen LogP contribution in [0.4, 0.5) is 0 Å². The number of esters is 2. The zero-order valence-electron chi connectivity index (χ0n) is 15.2. The average Bonchev–Trinajstić information content (AvgIpc) is 2.91. The predicted molar refractivity (Wildman–Crippen MR) is 93.3 cm³/mol. The smallest absolute Gasteiger partial charge is 0.334 e. The maximum atomic E-state index is 12.4. The number of hydrogen-bond acceptors (Lipinski definition) is 6. The molecule has 0 radical (unpaired) electrons. The standard InChI is InChI=1S/C19H23ClO6/c1-7(2)17(22)25-10-6-19(5,24)13-12(8(3)15(21)14(13)20)16-11(10)9(4)18(23)26-16/h7,10-11,13-14,16,24H,4,6H2,1-3,5H3/t10-,11-,13+,14?,16+,19-/m1/s1. The Morgan fingerprint density at radius 3 is 2.62 bits per heavy atom. The molecule has 0 amide bonds. The second-order valence-corrected chi connectivity index (χ2v) is 8.36. The van der Waals surface area contributed by atoms with E-state index in [1.165, 1.54) is 0 Å². The first-order valence-corrected chi connectivity index (χ1v) is 9.12. The Balaban J connectivity index is 2.12. The molecule has 1 saturated carbocycles. The fourth-order valence-electron chi connectivity index (χ4n) is 4.25. The van der Waals surface area contributed by atoms with Crippen molar-refractivity contribution in [2.24, 2.45) is 17.8 Å². The van der Waals surface area contributed by atoms with E-state index in [9.17, 15) is 19.5 Å². The molecular weight excluding hydrogens is 360 g/mol. The lowest BCUT2D eigenvalue weighted by molar-refractivity contribution is -0.159. The lowest BCUT2D eigenvalue weighted by Crippen LogP contribution is -2.43. The van der Waals surface area contributed by atoms with Gasteiger partial charge >= 0.3 is 11.9 Å². The molecule has 0 aromatic carbocycles. The van der Waals surface area contributed by atoms with Crippen LogP contribution in [0.3, 0.4) is 0 Å². The number of rotatable bonds is 2. The lowest BCUT2D eigenvalue weighted by Gasteiger charge is -2.33. The second kappa shape index (κ2) is 6.20. The summed E-state index contributed by atoms with van der Waals surface area (Å²) in [5.41, 5.74) is -0.323. The van der Waals surface area contributed by atoms with Crippen LogP contribution in [0.25, 0.3) is 0 Å². The number of halogens is 1. The van der Waals surface area contributed by atoms with Crippen LogP contribution in [0.5, 0.6) is 0 Å². The summed E-state index contributed by atoms with van der Waals surface area (Å²) in [6.07, 6.45) is -1.58. The van der Waals surface area contributed by atoms with Crippen LogP contribution in [0, 0.1) is 17.8 Å². The summed E-state index contributed by atoms with van der Waals surface area (Å²) in [6, 6.07) is 0. The highest BCUT2D eigenvalue weighted by molar-refractivity contribution is 6.35. The second-order valence-electron chi connectivity index (χ2n) is 7.89. The Labute approximate surface area is 157 Å². The largest absolute Gasteiger partial charge is 0.461 e. The van der Waals surface area contributed by atoms with Crippen LogP contribution in [-0.4, -0.2) is 46.0 Å². The average molecular weight is 383 g/mol. The molecule has 0 aromatic heterocycles. The zero-order chi connectivity index (χ0) is 19.5. The minimum Gasteiger partial charge on any atom is -0.461 e. The predicted octanol–water partition coefficient (Wildman–Crippen LogP) is 1.93. The van der Waals surface area contributed by atoms with Gasteiger partial charge in [0.05, 0.1) is 17.4 Å². The van der Waals surface area contributed by atoms with Crippen molar-refractivity contribution in [3.05, 3.63) is 23.3 Å². The number of ketones is 1. The van der Waals surface area contributed by atoms with Crippen molar-refractivity contribution >= 4 is 29.3 Å². The first kappa shape index (κ1) is 19.1. The van der Waals surface area contributed by atoms with Gasteiger partial charge in [-0.25, -0.2) is 4.79 Å². The number of hydrogen-bond donors (Lipinski definition) is 1. The molecule has 6 atom stereocenters. The van der Waals surface area contributed by atoms with E-state index in [0.717, 1.165) is 0 Å². The van der Waals surface area contributed by atoms with Crippen molar-refractivity contribution in [3.8, 4) is 0 Å². The van der Waals surface area contributed by atoms with Gasteiger partial charge < -0.3 is 14.6 Å². The van der Waals surface area contributed by atoms with Crippen LogP contribution in [0.15, 0.2) is 23.3 Å². The molecule has 26 heavy (non-hydrogen) atoms. The molecule has 6 nitrogen and oxygen atoms in total. The molecular formula is C19H23ClO6. The third kappa shape index (κ3) is 2.70. The van der Waals surface area contributed by atoms with Crippen molar-refractivity contribution in [2.45, 2.75) is 57.3 Å². The normalized spacial score (nSPS) is 39.7. The third-order valence-corrected chi connectivity index (χ3v) is 6.09. The highest BCUT2D eigenvalue weighted by atomic mass is 35.5. The van der Waals surface area contributed by atoms with E-state index in [4.69, 9.17) is 21.1 Å². The summed E-state index contributed by atoms with van der Waals surface area (Å²) in [5, 5.41) is 10.2. The van der Waals surface area contributed by atoms with E-state index in [1.54, 1.807) is 27.7 Å². The molecule has 3 rings (SSSR count). The molecule has 0 bridgehead atoms. The van der Waals surface area contributed by atoms with Gasteiger partial charge in [0, 0.05) is 17.9 Å². The zero-order valence-corrected chi connectivity index (χ0v) is 16.0. The summed E-state index contributed by atoms with van der Waals surface area (Å²) < 4.78 is 11.1. The number of fused-ring (bicyclic) bond motifs is 3. The molecule has 1 N–H and O–H groups in total. The topological polar surface area (TPSA) is 89.9 Å². The summed E-state index contributed by atoms with van der Waals surface area (Å²) in [4.78, 5) is 36.8. The van der Waals surface area contributed by atoms with E-state index < -0.39 is 47.0 Å². The highest BCUT2D eigenvalue weighted by Crippen LogP contribution is 2.52. The molecule has 2 aliphatic carbocycles.